The van der Waals surface area contributed by atoms with Gasteiger partial charge in [-0.15, -0.1) is 0 Å². The number of halogens is 1. The Labute approximate surface area is 156 Å². The van der Waals surface area contributed by atoms with Crippen molar-refractivity contribution in [1.29, 1.82) is 0 Å². The minimum atomic E-state index is -0.438. The van der Waals surface area contributed by atoms with Crippen LogP contribution in [-0.4, -0.2) is 11.0 Å². The van der Waals surface area contributed by atoms with Crippen molar-refractivity contribution < 1.29 is 9.53 Å². The van der Waals surface area contributed by atoms with Crippen LogP contribution in [0.4, 0.5) is 0 Å². The zero-order chi connectivity index (χ0) is 18.3. The smallest absolute Gasteiger partial charge is 0.344 e. The Bertz CT molecular complexity index is 1150. The number of carbonyl (C=O) groups is 1. The Morgan fingerprint density at radius 3 is 2.42 bits per heavy atom. The summed E-state index contributed by atoms with van der Waals surface area (Å²) in [6, 6.07) is 18.9. The molecule has 26 heavy (non-hydrogen) atoms. The first-order valence-electron chi connectivity index (χ1n) is 8.30. The highest BCUT2D eigenvalue weighted by Crippen LogP contribution is 2.29. The molecule has 3 nitrogen and oxygen atoms in total. The Kier molecular flexibility index (Phi) is 4.09. The Hall–Kier alpha value is -2.91. The Morgan fingerprint density at radius 1 is 0.923 bits per heavy atom. The molecule has 0 saturated heterocycles. The second-order valence-corrected chi connectivity index (χ2v) is 6.75. The van der Waals surface area contributed by atoms with Gasteiger partial charge in [-0.1, -0.05) is 48.0 Å². The summed E-state index contributed by atoms with van der Waals surface area (Å²) in [5, 5.41) is 2.14. The summed E-state index contributed by atoms with van der Waals surface area (Å²) in [6.07, 6.45) is 0. The topological polar surface area (TPSA) is 39.2 Å². The molecule has 0 aliphatic rings. The van der Waals surface area contributed by atoms with E-state index in [1.165, 1.54) is 0 Å². The molecule has 0 unspecified atom stereocenters. The fraction of sp³-hybridized carbons (Fsp3) is 0.0909. The van der Waals surface area contributed by atoms with E-state index in [-0.39, 0.29) is 0 Å². The number of benzene rings is 3. The largest absolute Gasteiger partial charge is 0.422 e. The summed E-state index contributed by atoms with van der Waals surface area (Å²) >= 11 is 6.24. The third-order valence-electron chi connectivity index (χ3n) is 4.42. The maximum Gasteiger partial charge on any atom is 0.344 e. The SMILES string of the molecule is Cc1cccc(C)c1OC(=O)c1cc(Cl)cc2nc3ccccc3cc12. The van der Waals surface area contributed by atoms with E-state index in [4.69, 9.17) is 16.3 Å². The highest BCUT2D eigenvalue weighted by atomic mass is 35.5. The van der Waals surface area contributed by atoms with Gasteiger partial charge >= 0.3 is 5.97 Å². The van der Waals surface area contributed by atoms with Crippen LogP contribution in [0.5, 0.6) is 5.75 Å². The molecule has 0 atom stereocenters. The van der Waals surface area contributed by atoms with E-state index in [1.54, 1.807) is 12.1 Å². The number of pyridine rings is 1. The van der Waals surface area contributed by atoms with Gasteiger partial charge in [-0.3, -0.25) is 0 Å². The molecule has 3 aromatic carbocycles. The predicted molar refractivity (Wildman–Crippen MR) is 105 cm³/mol. The molecule has 0 aliphatic carbocycles. The first kappa shape index (κ1) is 16.6. The van der Waals surface area contributed by atoms with Crippen LogP contribution in [0.1, 0.15) is 21.5 Å². The summed E-state index contributed by atoms with van der Waals surface area (Å²) in [7, 11) is 0. The van der Waals surface area contributed by atoms with Crippen LogP contribution in [0, 0.1) is 13.8 Å². The number of aromatic nitrogens is 1. The maximum atomic E-state index is 12.9. The van der Waals surface area contributed by atoms with Crippen molar-refractivity contribution in [2.45, 2.75) is 13.8 Å². The predicted octanol–water partition coefficient (Wildman–Crippen LogP) is 5.88. The molecule has 4 heteroatoms. The summed E-state index contributed by atoms with van der Waals surface area (Å²) in [5.41, 5.74) is 3.76. The second-order valence-electron chi connectivity index (χ2n) is 6.31. The Balaban J connectivity index is 1.87. The first-order valence-corrected chi connectivity index (χ1v) is 8.68. The molecule has 1 heterocycles. The lowest BCUT2D eigenvalue weighted by Crippen LogP contribution is -2.11. The maximum absolute atomic E-state index is 12.9. The number of para-hydroxylation sites is 2. The van der Waals surface area contributed by atoms with Crippen molar-refractivity contribution in [3.05, 3.63) is 82.4 Å². The quantitative estimate of drug-likeness (QED) is 0.254. The molecule has 0 spiro atoms. The van der Waals surface area contributed by atoms with Crippen LogP contribution in [-0.2, 0) is 0 Å². The second kappa shape index (κ2) is 6.43. The van der Waals surface area contributed by atoms with Gasteiger partial charge in [0.15, 0.2) is 0 Å². The van der Waals surface area contributed by atoms with Gasteiger partial charge in [-0.2, -0.15) is 0 Å². The van der Waals surface area contributed by atoms with E-state index in [9.17, 15) is 4.79 Å². The van der Waals surface area contributed by atoms with E-state index in [1.807, 2.05) is 62.4 Å². The lowest BCUT2D eigenvalue weighted by molar-refractivity contribution is 0.0734. The molecular formula is C22H16ClNO2. The first-order chi connectivity index (χ1) is 12.5. The van der Waals surface area contributed by atoms with E-state index in [2.05, 4.69) is 4.98 Å². The van der Waals surface area contributed by atoms with E-state index < -0.39 is 5.97 Å². The molecule has 4 aromatic rings. The molecule has 128 valence electrons. The summed E-state index contributed by atoms with van der Waals surface area (Å²) in [4.78, 5) is 17.5. The summed E-state index contributed by atoms with van der Waals surface area (Å²) in [6.45, 7) is 3.83. The number of fused-ring (bicyclic) bond motifs is 2. The van der Waals surface area contributed by atoms with Crippen molar-refractivity contribution in [3.63, 3.8) is 0 Å². The van der Waals surface area contributed by atoms with Gasteiger partial charge in [0.1, 0.15) is 5.75 Å². The van der Waals surface area contributed by atoms with Crippen LogP contribution in [0.3, 0.4) is 0 Å². The van der Waals surface area contributed by atoms with Crippen LogP contribution in [0.25, 0.3) is 21.8 Å². The number of carbonyl (C=O) groups excluding carboxylic acids is 1. The number of hydrogen-bond acceptors (Lipinski definition) is 3. The van der Waals surface area contributed by atoms with Gasteiger partial charge < -0.3 is 4.74 Å². The summed E-state index contributed by atoms with van der Waals surface area (Å²) < 4.78 is 5.71. The fourth-order valence-corrected chi connectivity index (χ4v) is 3.33. The number of nitrogens with zero attached hydrogens (tertiary/aromatic N) is 1. The minimum Gasteiger partial charge on any atom is -0.422 e. The molecule has 1 aromatic heterocycles. The average molecular weight is 362 g/mol. The molecule has 0 aliphatic heterocycles. The van der Waals surface area contributed by atoms with Crippen LogP contribution < -0.4 is 4.74 Å². The van der Waals surface area contributed by atoms with Gasteiger partial charge in [0.2, 0.25) is 0 Å². The zero-order valence-electron chi connectivity index (χ0n) is 14.4. The van der Waals surface area contributed by atoms with Crippen molar-refractivity contribution in [1.82, 2.24) is 4.98 Å². The zero-order valence-corrected chi connectivity index (χ0v) is 15.2. The Morgan fingerprint density at radius 2 is 1.65 bits per heavy atom. The number of hydrogen-bond donors (Lipinski definition) is 0. The van der Waals surface area contributed by atoms with Gasteiger partial charge in [-0.05, 0) is 49.2 Å². The molecule has 0 bridgehead atoms. The van der Waals surface area contributed by atoms with E-state index >= 15 is 0 Å². The monoisotopic (exact) mass is 361 g/mol. The van der Waals surface area contributed by atoms with Crippen molar-refractivity contribution >= 4 is 39.4 Å². The highest BCUT2D eigenvalue weighted by Gasteiger charge is 2.17. The molecule has 0 radical (unpaired) electrons. The highest BCUT2D eigenvalue weighted by molar-refractivity contribution is 6.32. The van der Waals surface area contributed by atoms with Gasteiger partial charge in [0, 0.05) is 15.8 Å². The van der Waals surface area contributed by atoms with Crippen molar-refractivity contribution in [2.24, 2.45) is 0 Å². The lowest BCUT2D eigenvalue weighted by atomic mass is 10.1. The molecule has 4 rings (SSSR count). The lowest BCUT2D eigenvalue weighted by Gasteiger charge is -2.12. The third-order valence-corrected chi connectivity index (χ3v) is 4.64. The normalized spacial score (nSPS) is 11.0. The minimum absolute atomic E-state index is 0.411. The average Bonchev–Trinajstić information content (AvgIpc) is 2.62. The molecular weight excluding hydrogens is 346 g/mol. The molecule has 0 saturated carbocycles. The van der Waals surface area contributed by atoms with Crippen LogP contribution in [0.2, 0.25) is 5.02 Å². The van der Waals surface area contributed by atoms with Crippen LogP contribution in [0.15, 0.2) is 60.7 Å². The molecule has 0 N–H and O–H groups in total. The van der Waals surface area contributed by atoms with Gasteiger partial charge in [0.05, 0.1) is 16.6 Å². The number of aryl methyl sites for hydroxylation is 2. The molecule has 0 fully saturated rings. The third kappa shape index (κ3) is 2.91. The number of rotatable bonds is 2. The van der Waals surface area contributed by atoms with Gasteiger partial charge in [0.25, 0.3) is 0 Å². The van der Waals surface area contributed by atoms with Crippen LogP contribution >= 0.6 is 11.6 Å². The van der Waals surface area contributed by atoms with Gasteiger partial charge in [-0.25, -0.2) is 9.78 Å². The van der Waals surface area contributed by atoms with Crippen molar-refractivity contribution in [3.8, 4) is 5.75 Å². The fourth-order valence-electron chi connectivity index (χ4n) is 3.12. The van der Waals surface area contributed by atoms with E-state index in [0.29, 0.717) is 21.9 Å². The number of ether oxygens (including phenoxy) is 1. The molecule has 0 amide bonds. The van der Waals surface area contributed by atoms with E-state index in [0.717, 1.165) is 27.4 Å². The summed E-state index contributed by atoms with van der Waals surface area (Å²) in [5.74, 6) is 0.145. The standard InChI is InChI=1S/C22H16ClNO2/c1-13-6-5-7-14(2)21(13)26-22(25)18-11-16(23)12-20-17(18)10-15-8-3-4-9-19(15)24-20/h3-12H,1-2H3. The van der Waals surface area contributed by atoms with Crippen molar-refractivity contribution in [2.75, 3.05) is 0 Å². The number of esters is 1.